The van der Waals surface area contributed by atoms with Gasteiger partial charge in [0.1, 0.15) is 45.4 Å². The average molecular weight is 753 g/mol. The summed E-state index contributed by atoms with van der Waals surface area (Å²) in [5, 5.41) is 36.0. The monoisotopic (exact) mass is 752 g/mol. The number of aliphatic hydroxyl groups excluding tert-OH is 1. The van der Waals surface area contributed by atoms with Crippen molar-refractivity contribution in [3.05, 3.63) is 163 Å². The summed E-state index contributed by atoms with van der Waals surface area (Å²) < 4.78 is 19.5. The third-order valence-electron chi connectivity index (χ3n) is 6.26. The maximum atomic E-state index is 11.8. The molecule has 0 aliphatic carbocycles. The van der Waals surface area contributed by atoms with Gasteiger partial charge in [0.25, 0.3) is 0 Å². The fourth-order valence-corrected chi connectivity index (χ4v) is 3.75. The van der Waals surface area contributed by atoms with E-state index in [1.54, 1.807) is 36.4 Å². The van der Waals surface area contributed by atoms with Gasteiger partial charge in [-0.2, -0.15) is 0 Å². The van der Waals surface area contributed by atoms with Crippen LogP contribution in [-0.2, 0) is 19.2 Å². The summed E-state index contributed by atoms with van der Waals surface area (Å²) in [6.07, 6.45) is 2.60. The average Bonchev–Trinajstić information content (AvgIpc) is 3.15. The molecular weight excluding hydrogens is 720 g/mol. The van der Waals surface area contributed by atoms with Crippen molar-refractivity contribution >= 4 is 47.5 Å². The Kier molecular flexibility index (Phi) is 16.7. The first-order valence-corrected chi connectivity index (χ1v) is 15.3. The SMILES string of the molecule is C=C(C)C(=O)Oc1ccccc1C(=O)O.C=C(O)c1ccccc1OC(=O)/C=C/C(=O)Oc1ccccc1C(=O)O.C=CC(=O)Oc1ccccc1C(=O)O. The number of rotatable bonds is 12. The minimum atomic E-state index is -1.25. The molecule has 4 aromatic carbocycles. The topological polar surface area (TPSA) is 237 Å². The smallest absolute Gasteiger partial charge is 0.339 e. The van der Waals surface area contributed by atoms with Crippen molar-refractivity contribution in [2.75, 3.05) is 0 Å². The molecule has 0 atom stereocenters. The van der Waals surface area contributed by atoms with Crippen molar-refractivity contribution in [3.63, 3.8) is 0 Å². The number of carboxylic acids is 3. The maximum absolute atomic E-state index is 11.8. The van der Waals surface area contributed by atoms with Gasteiger partial charge in [-0.15, -0.1) is 0 Å². The van der Waals surface area contributed by atoms with Gasteiger partial charge in [0.2, 0.25) is 0 Å². The van der Waals surface area contributed by atoms with Crippen LogP contribution < -0.4 is 18.9 Å². The molecule has 55 heavy (non-hydrogen) atoms. The molecule has 0 saturated heterocycles. The molecule has 0 heterocycles. The van der Waals surface area contributed by atoms with Gasteiger partial charge in [-0.3, -0.25) is 0 Å². The van der Waals surface area contributed by atoms with Crippen LogP contribution in [0, 0.1) is 0 Å². The minimum Gasteiger partial charge on any atom is -0.508 e. The van der Waals surface area contributed by atoms with Gasteiger partial charge in [-0.1, -0.05) is 68.3 Å². The number of esters is 4. The Hall–Kier alpha value is -8.07. The van der Waals surface area contributed by atoms with E-state index in [0.29, 0.717) is 0 Å². The summed E-state index contributed by atoms with van der Waals surface area (Å²) in [5.41, 5.74) is 0.157. The Morgan fingerprint density at radius 3 is 1.07 bits per heavy atom. The van der Waals surface area contributed by atoms with E-state index in [1.165, 1.54) is 67.6 Å². The number of aromatic carboxylic acids is 3. The summed E-state index contributed by atoms with van der Waals surface area (Å²) in [7, 11) is 0. The lowest BCUT2D eigenvalue weighted by Crippen LogP contribution is -2.11. The molecule has 4 rings (SSSR count). The number of aliphatic hydroxyl groups is 1. The molecule has 0 fully saturated rings. The number of carbonyl (C=O) groups excluding carboxylic acids is 4. The predicted molar refractivity (Wildman–Crippen MR) is 195 cm³/mol. The van der Waals surface area contributed by atoms with E-state index < -0.39 is 41.8 Å². The molecule has 0 spiro atoms. The Bertz CT molecular complexity index is 2090. The molecule has 0 radical (unpaired) electrons. The Morgan fingerprint density at radius 1 is 0.473 bits per heavy atom. The highest BCUT2D eigenvalue weighted by atomic mass is 16.6. The standard InChI is InChI=1S/C19H14O7.C11H10O4.C10H8O4/c1-12(20)13-6-2-4-8-15(13)25-17(21)10-11-18(22)26-16-9-5-3-7-14(16)19(23)24;1-7(2)11(14)15-9-6-4-3-5-8(9)10(12)13;1-2-9(11)14-8-6-4-3-5-7(8)10(12)13/h2-11,20H,1H2,(H,23,24);3-6H,1H2,2H3,(H,12,13);2-6H,1H2,(H,12,13)/b11-10+;;. The van der Waals surface area contributed by atoms with Crippen LogP contribution in [0.3, 0.4) is 0 Å². The molecule has 0 aliphatic rings. The molecule has 282 valence electrons. The highest BCUT2D eigenvalue weighted by Gasteiger charge is 2.15. The van der Waals surface area contributed by atoms with Crippen molar-refractivity contribution in [3.8, 4) is 23.0 Å². The molecule has 0 amide bonds. The lowest BCUT2D eigenvalue weighted by Gasteiger charge is -2.07. The molecule has 15 heteroatoms. The highest BCUT2D eigenvalue weighted by Crippen LogP contribution is 2.24. The van der Waals surface area contributed by atoms with Gasteiger partial charge >= 0.3 is 41.8 Å². The van der Waals surface area contributed by atoms with Crippen LogP contribution in [0.4, 0.5) is 0 Å². The fraction of sp³-hybridized carbons (Fsp3) is 0.0250. The molecule has 0 bridgehead atoms. The molecular formula is C40H32O15. The van der Waals surface area contributed by atoms with E-state index in [-0.39, 0.29) is 56.6 Å². The molecule has 0 aromatic heterocycles. The van der Waals surface area contributed by atoms with Crippen LogP contribution in [0.2, 0.25) is 0 Å². The van der Waals surface area contributed by atoms with Crippen LogP contribution >= 0.6 is 0 Å². The number of ether oxygens (including phenoxy) is 4. The van der Waals surface area contributed by atoms with Gasteiger partial charge in [0.05, 0.1) is 5.56 Å². The van der Waals surface area contributed by atoms with Gasteiger partial charge in [0, 0.05) is 23.8 Å². The van der Waals surface area contributed by atoms with Crippen molar-refractivity contribution in [1.29, 1.82) is 0 Å². The first-order valence-electron chi connectivity index (χ1n) is 15.3. The second-order valence-corrected chi connectivity index (χ2v) is 10.3. The van der Waals surface area contributed by atoms with E-state index in [0.717, 1.165) is 18.2 Å². The zero-order valence-corrected chi connectivity index (χ0v) is 28.9. The number of carbonyl (C=O) groups is 7. The molecule has 0 unspecified atom stereocenters. The number of carboxylic acid groups (broad SMARTS) is 3. The summed E-state index contributed by atoms with van der Waals surface area (Å²) >= 11 is 0. The largest absolute Gasteiger partial charge is 0.508 e. The Morgan fingerprint density at radius 2 is 0.764 bits per heavy atom. The fourth-order valence-electron chi connectivity index (χ4n) is 3.75. The van der Waals surface area contributed by atoms with E-state index in [1.807, 2.05) is 0 Å². The maximum Gasteiger partial charge on any atom is 0.339 e. The highest BCUT2D eigenvalue weighted by molar-refractivity contribution is 5.97. The molecule has 4 N–H and O–H groups in total. The van der Waals surface area contributed by atoms with Crippen LogP contribution in [-0.4, -0.2) is 62.2 Å². The number of benzene rings is 4. The second-order valence-electron chi connectivity index (χ2n) is 10.3. The summed E-state index contributed by atoms with van der Waals surface area (Å²) in [6.45, 7) is 11.5. The Balaban J connectivity index is 0.000000308. The van der Waals surface area contributed by atoms with Crippen LogP contribution in [0.25, 0.3) is 5.76 Å². The van der Waals surface area contributed by atoms with Crippen molar-refractivity contribution in [2.45, 2.75) is 6.92 Å². The van der Waals surface area contributed by atoms with Crippen molar-refractivity contribution in [1.82, 2.24) is 0 Å². The third kappa shape index (κ3) is 14.2. The lowest BCUT2D eigenvalue weighted by molar-refractivity contribution is -0.131. The van der Waals surface area contributed by atoms with Crippen molar-refractivity contribution in [2.24, 2.45) is 0 Å². The summed E-state index contributed by atoms with van der Waals surface area (Å²) in [5.74, 6) is -7.00. The van der Waals surface area contributed by atoms with Crippen LogP contribution in [0.1, 0.15) is 43.6 Å². The zero-order valence-electron chi connectivity index (χ0n) is 28.9. The summed E-state index contributed by atoms with van der Waals surface area (Å²) in [4.78, 5) is 78.0. The third-order valence-corrected chi connectivity index (χ3v) is 6.26. The van der Waals surface area contributed by atoms with E-state index >= 15 is 0 Å². The van der Waals surface area contributed by atoms with Crippen molar-refractivity contribution < 1.29 is 72.9 Å². The van der Waals surface area contributed by atoms with E-state index in [2.05, 4.69) is 19.7 Å². The minimum absolute atomic E-state index is 0.0184. The zero-order chi connectivity index (χ0) is 41.1. The van der Waals surface area contributed by atoms with Gasteiger partial charge in [-0.25, -0.2) is 33.6 Å². The lowest BCUT2D eigenvalue weighted by atomic mass is 10.2. The quantitative estimate of drug-likeness (QED) is 0.0536. The van der Waals surface area contributed by atoms with Gasteiger partial charge < -0.3 is 39.4 Å². The normalized spacial score (nSPS) is 9.76. The molecule has 0 saturated carbocycles. The Labute approximate surface area is 312 Å². The van der Waals surface area contributed by atoms with Crippen LogP contribution in [0.15, 0.2) is 141 Å². The first-order chi connectivity index (χ1) is 26.0. The molecule has 4 aromatic rings. The first kappa shape index (κ1) is 43.1. The molecule has 15 nitrogen and oxygen atoms in total. The van der Waals surface area contributed by atoms with E-state index in [4.69, 9.17) is 34.3 Å². The predicted octanol–water partition coefficient (Wildman–Crippen LogP) is 6.32. The summed E-state index contributed by atoms with van der Waals surface area (Å²) in [6, 6.07) is 23.6. The number of para-hydroxylation sites is 4. The van der Waals surface area contributed by atoms with Gasteiger partial charge in [0.15, 0.2) is 0 Å². The van der Waals surface area contributed by atoms with Crippen LogP contribution in [0.5, 0.6) is 23.0 Å². The number of hydrogen-bond acceptors (Lipinski definition) is 12. The molecule has 0 aliphatic heterocycles. The number of hydrogen-bond donors (Lipinski definition) is 4. The van der Waals surface area contributed by atoms with E-state index in [9.17, 15) is 38.7 Å². The van der Waals surface area contributed by atoms with Gasteiger partial charge in [-0.05, 0) is 55.5 Å². The second kappa shape index (κ2) is 21.3.